The molecule has 1 N–H and O–H groups in total. The molecule has 1 saturated carbocycles. The molecule has 0 aliphatic heterocycles. The molecule has 3 nitrogen and oxygen atoms in total. The first kappa shape index (κ1) is 16.2. The minimum Gasteiger partial charge on any atom is -0.490 e. The molecule has 0 atom stereocenters. The monoisotopic (exact) mass is 291 g/mol. The van der Waals surface area contributed by atoms with Crippen molar-refractivity contribution in [2.75, 3.05) is 19.8 Å². The predicted octanol–water partition coefficient (Wildman–Crippen LogP) is 4.17. The van der Waals surface area contributed by atoms with Crippen LogP contribution in [0.5, 0.6) is 11.5 Å². The van der Waals surface area contributed by atoms with Gasteiger partial charge in [-0.3, -0.25) is 0 Å². The van der Waals surface area contributed by atoms with Gasteiger partial charge in [-0.2, -0.15) is 0 Å². The van der Waals surface area contributed by atoms with Crippen LogP contribution in [0.15, 0.2) is 24.3 Å². The highest BCUT2D eigenvalue weighted by atomic mass is 16.5. The lowest BCUT2D eigenvalue weighted by Gasteiger charge is -2.12. The third-order valence-corrected chi connectivity index (χ3v) is 3.65. The van der Waals surface area contributed by atoms with Crippen LogP contribution in [0.4, 0.5) is 0 Å². The molecule has 1 aromatic carbocycles. The molecule has 118 valence electrons. The van der Waals surface area contributed by atoms with Crippen LogP contribution in [0.2, 0.25) is 0 Å². The normalized spacial score (nSPS) is 14.1. The number of rotatable bonds is 12. The fourth-order valence-electron chi connectivity index (χ4n) is 2.26. The molecule has 0 unspecified atom stereocenters. The molecule has 1 fully saturated rings. The van der Waals surface area contributed by atoms with E-state index in [2.05, 4.69) is 12.2 Å². The fraction of sp³-hybridized carbons (Fsp3) is 0.667. The maximum absolute atomic E-state index is 5.85. The van der Waals surface area contributed by atoms with Gasteiger partial charge in [0.25, 0.3) is 0 Å². The Morgan fingerprint density at radius 1 is 0.952 bits per heavy atom. The van der Waals surface area contributed by atoms with E-state index in [0.29, 0.717) is 0 Å². The molecule has 1 aliphatic rings. The Kier molecular flexibility index (Phi) is 7.44. The number of hydrogen-bond donors (Lipinski definition) is 1. The molecule has 0 spiro atoms. The van der Waals surface area contributed by atoms with E-state index < -0.39 is 0 Å². The standard InChI is InChI=1S/C18H29NO2/c1-2-14-20-17-9-5-6-10-18(17)21-15-8-4-3-7-13-19-16-11-12-16/h5-6,9-10,16,19H,2-4,7-8,11-15H2,1H3. The molecule has 0 bridgehead atoms. The average Bonchev–Trinajstić information content (AvgIpc) is 3.33. The lowest BCUT2D eigenvalue weighted by Crippen LogP contribution is -2.17. The second-order valence-electron chi connectivity index (χ2n) is 5.79. The first-order valence-corrected chi connectivity index (χ1v) is 8.48. The van der Waals surface area contributed by atoms with Crippen LogP contribution in [0.1, 0.15) is 51.9 Å². The van der Waals surface area contributed by atoms with Gasteiger partial charge >= 0.3 is 0 Å². The third-order valence-electron chi connectivity index (χ3n) is 3.65. The molecule has 1 aliphatic carbocycles. The van der Waals surface area contributed by atoms with Crippen molar-refractivity contribution in [2.45, 2.75) is 57.9 Å². The number of unbranched alkanes of at least 4 members (excludes halogenated alkanes) is 3. The molecule has 0 saturated heterocycles. The molecule has 0 aromatic heterocycles. The summed E-state index contributed by atoms with van der Waals surface area (Å²) in [6.45, 7) is 4.82. The van der Waals surface area contributed by atoms with Crippen molar-refractivity contribution in [3.63, 3.8) is 0 Å². The number of para-hydroxylation sites is 2. The van der Waals surface area contributed by atoms with Gasteiger partial charge in [0.1, 0.15) is 0 Å². The summed E-state index contributed by atoms with van der Waals surface area (Å²) in [4.78, 5) is 0. The molecule has 0 radical (unpaired) electrons. The SMILES string of the molecule is CCCOc1ccccc1OCCCCCCNC1CC1. The third kappa shape index (κ3) is 6.85. The van der Waals surface area contributed by atoms with Crippen LogP contribution in [0.25, 0.3) is 0 Å². The number of benzene rings is 1. The van der Waals surface area contributed by atoms with Crippen LogP contribution in [0.3, 0.4) is 0 Å². The van der Waals surface area contributed by atoms with E-state index in [4.69, 9.17) is 9.47 Å². The van der Waals surface area contributed by atoms with E-state index in [1.165, 1.54) is 38.6 Å². The zero-order chi connectivity index (χ0) is 14.8. The molecule has 0 amide bonds. The van der Waals surface area contributed by atoms with E-state index >= 15 is 0 Å². The topological polar surface area (TPSA) is 30.5 Å². The Morgan fingerprint density at radius 3 is 2.29 bits per heavy atom. The van der Waals surface area contributed by atoms with Crippen LogP contribution in [0, 0.1) is 0 Å². The van der Waals surface area contributed by atoms with Crippen molar-refractivity contribution < 1.29 is 9.47 Å². The Morgan fingerprint density at radius 2 is 1.62 bits per heavy atom. The number of hydrogen-bond acceptors (Lipinski definition) is 3. The van der Waals surface area contributed by atoms with Crippen LogP contribution >= 0.6 is 0 Å². The first-order valence-electron chi connectivity index (χ1n) is 8.48. The summed E-state index contributed by atoms with van der Waals surface area (Å²) in [5.41, 5.74) is 0. The van der Waals surface area contributed by atoms with Crippen molar-refractivity contribution in [2.24, 2.45) is 0 Å². The summed E-state index contributed by atoms with van der Waals surface area (Å²) in [7, 11) is 0. The Labute approximate surface area is 129 Å². The average molecular weight is 291 g/mol. The van der Waals surface area contributed by atoms with E-state index in [0.717, 1.165) is 43.6 Å². The van der Waals surface area contributed by atoms with E-state index in [1.54, 1.807) is 0 Å². The lowest BCUT2D eigenvalue weighted by atomic mass is 10.2. The van der Waals surface area contributed by atoms with Crippen LogP contribution < -0.4 is 14.8 Å². The molecule has 0 heterocycles. The summed E-state index contributed by atoms with van der Waals surface area (Å²) < 4.78 is 11.5. The summed E-state index contributed by atoms with van der Waals surface area (Å²) in [6, 6.07) is 8.80. The lowest BCUT2D eigenvalue weighted by molar-refractivity contribution is 0.263. The maximum atomic E-state index is 5.85. The van der Waals surface area contributed by atoms with Gasteiger partial charge in [0, 0.05) is 6.04 Å². The van der Waals surface area contributed by atoms with E-state index in [9.17, 15) is 0 Å². The van der Waals surface area contributed by atoms with Gasteiger partial charge in [-0.1, -0.05) is 31.9 Å². The number of ether oxygens (including phenoxy) is 2. The van der Waals surface area contributed by atoms with Crippen molar-refractivity contribution >= 4 is 0 Å². The van der Waals surface area contributed by atoms with Gasteiger partial charge in [-0.25, -0.2) is 0 Å². The highest BCUT2D eigenvalue weighted by Gasteiger charge is 2.19. The Balaban J connectivity index is 1.53. The summed E-state index contributed by atoms with van der Waals surface area (Å²) in [6.07, 6.45) is 8.71. The number of nitrogens with one attached hydrogen (secondary N) is 1. The van der Waals surface area contributed by atoms with Gasteiger partial charge < -0.3 is 14.8 Å². The Bertz CT molecular complexity index is 391. The van der Waals surface area contributed by atoms with Crippen LogP contribution in [-0.2, 0) is 0 Å². The quantitative estimate of drug-likeness (QED) is 0.586. The van der Waals surface area contributed by atoms with E-state index in [-0.39, 0.29) is 0 Å². The molecule has 1 aromatic rings. The van der Waals surface area contributed by atoms with Crippen LogP contribution in [-0.4, -0.2) is 25.8 Å². The second kappa shape index (κ2) is 9.67. The summed E-state index contributed by atoms with van der Waals surface area (Å²) in [5.74, 6) is 1.74. The molecule has 2 rings (SSSR count). The zero-order valence-electron chi connectivity index (χ0n) is 13.3. The van der Waals surface area contributed by atoms with Gasteiger partial charge in [0.2, 0.25) is 0 Å². The molecular weight excluding hydrogens is 262 g/mol. The largest absolute Gasteiger partial charge is 0.490 e. The predicted molar refractivity (Wildman–Crippen MR) is 87.2 cm³/mol. The van der Waals surface area contributed by atoms with Crippen molar-refractivity contribution in [3.8, 4) is 11.5 Å². The van der Waals surface area contributed by atoms with Crippen molar-refractivity contribution in [3.05, 3.63) is 24.3 Å². The van der Waals surface area contributed by atoms with Gasteiger partial charge in [0.15, 0.2) is 11.5 Å². The second-order valence-corrected chi connectivity index (χ2v) is 5.79. The molecule has 3 heteroatoms. The summed E-state index contributed by atoms with van der Waals surface area (Å²) in [5, 5.41) is 3.55. The first-order chi connectivity index (χ1) is 10.4. The van der Waals surface area contributed by atoms with E-state index in [1.807, 2.05) is 24.3 Å². The highest BCUT2D eigenvalue weighted by Crippen LogP contribution is 2.26. The fourth-order valence-corrected chi connectivity index (χ4v) is 2.26. The summed E-state index contributed by atoms with van der Waals surface area (Å²) >= 11 is 0. The Hall–Kier alpha value is -1.22. The smallest absolute Gasteiger partial charge is 0.161 e. The van der Waals surface area contributed by atoms with Gasteiger partial charge in [0.05, 0.1) is 13.2 Å². The maximum Gasteiger partial charge on any atom is 0.161 e. The van der Waals surface area contributed by atoms with Gasteiger partial charge in [-0.05, 0) is 50.8 Å². The van der Waals surface area contributed by atoms with Gasteiger partial charge in [-0.15, -0.1) is 0 Å². The minimum atomic E-state index is 0.744. The van der Waals surface area contributed by atoms with Crippen molar-refractivity contribution in [1.82, 2.24) is 5.32 Å². The molecular formula is C18H29NO2. The molecule has 21 heavy (non-hydrogen) atoms. The highest BCUT2D eigenvalue weighted by molar-refractivity contribution is 5.39. The van der Waals surface area contributed by atoms with Crippen molar-refractivity contribution in [1.29, 1.82) is 0 Å². The minimum absolute atomic E-state index is 0.744. The zero-order valence-corrected chi connectivity index (χ0v) is 13.3.